The van der Waals surface area contributed by atoms with E-state index in [0.29, 0.717) is 0 Å². The number of rotatable bonds is 33. The monoisotopic (exact) mass is 660 g/mol. The molecule has 2 aromatic rings. The van der Waals surface area contributed by atoms with Gasteiger partial charge in [-0.05, 0) is 42.7 Å². The lowest BCUT2D eigenvalue weighted by molar-refractivity contribution is -0.673. The van der Waals surface area contributed by atoms with Gasteiger partial charge in [-0.2, -0.15) is 0 Å². The van der Waals surface area contributed by atoms with E-state index in [9.17, 15) is 0 Å². The fraction of sp³-hybridized carbons (Fsp3) is 0.717. The molecule has 1 aromatic carbocycles. The van der Waals surface area contributed by atoms with Crippen LogP contribution in [0.25, 0.3) is 12.2 Å². The number of hydrogen-bond donors (Lipinski definition) is 0. The summed E-state index contributed by atoms with van der Waals surface area (Å²) in [5.74, 6) is 0. The first-order chi connectivity index (χ1) is 23.7. The molecule has 2 nitrogen and oxygen atoms in total. The Morgan fingerprint density at radius 2 is 0.812 bits per heavy atom. The fourth-order valence-electron chi connectivity index (χ4n) is 7.05. The van der Waals surface area contributed by atoms with Crippen LogP contribution >= 0.6 is 0 Å². The van der Waals surface area contributed by atoms with Gasteiger partial charge in [-0.15, -0.1) is 0 Å². The van der Waals surface area contributed by atoms with E-state index < -0.39 is 0 Å². The maximum absolute atomic E-state index is 2.69. The Kier molecular flexibility index (Phi) is 27.1. The maximum Gasteiger partial charge on any atom is 0.204 e. The smallest absolute Gasteiger partial charge is 0.204 e. The van der Waals surface area contributed by atoms with Gasteiger partial charge < -0.3 is 4.90 Å². The van der Waals surface area contributed by atoms with E-state index in [0.717, 1.165) is 0 Å². The van der Waals surface area contributed by atoms with E-state index in [1.54, 1.807) is 0 Å². The van der Waals surface area contributed by atoms with Gasteiger partial charge >= 0.3 is 0 Å². The van der Waals surface area contributed by atoms with Crippen molar-refractivity contribution in [1.29, 1.82) is 0 Å². The fourth-order valence-corrected chi connectivity index (χ4v) is 7.05. The third-order valence-electron chi connectivity index (χ3n) is 10.4. The third kappa shape index (κ3) is 22.5. The van der Waals surface area contributed by atoms with Crippen LogP contribution in [0.4, 0.5) is 5.69 Å². The minimum atomic E-state index is 1.20. The van der Waals surface area contributed by atoms with Gasteiger partial charge in [-0.3, -0.25) is 0 Å². The van der Waals surface area contributed by atoms with Crippen molar-refractivity contribution in [2.45, 2.75) is 194 Å². The van der Waals surface area contributed by atoms with Gasteiger partial charge in [0.2, 0.25) is 5.69 Å². The van der Waals surface area contributed by atoms with Crippen molar-refractivity contribution in [3.63, 3.8) is 0 Å². The third-order valence-corrected chi connectivity index (χ3v) is 10.4. The molecule has 0 aliphatic carbocycles. The van der Waals surface area contributed by atoms with Gasteiger partial charge in [0.05, 0.1) is 0 Å². The quantitative estimate of drug-likeness (QED) is 0.0546. The van der Waals surface area contributed by atoms with Crippen LogP contribution in [0, 0.1) is 0 Å². The molecule has 1 aromatic heterocycles. The van der Waals surface area contributed by atoms with Crippen molar-refractivity contribution in [1.82, 2.24) is 0 Å². The zero-order valence-electron chi connectivity index (χ0n) is 32.4. The molecule has 0 saturated heterocycles. The summed E-state index contributed by atoms with van der Waals surface area (Å²) in [6.07, 6.45) is 46.4. The molecule has 272 valence electrons. The molecule has 2 rings (SSSR count). The van der Waals surface area contributed by atoms with Gasteiger partial charge in [-0.1, -0.05) is 193 Å². The van der Waals surface area contributed by atoms with Crippen LogP contribution in [0.1, 0.15) is 205 Å². The van der Waals surface area contributed by atoms with Crippen LogP contribution in [-0.2, 0) is 7.05 Å². The Hall–Kier alpha value is -2.09. The molecule has 0 atom stereocenters. The number of hydrogen-bond acceptors (Lipinski definition) is 1. The predicted octanol–water partition coefficient (Wildman–Crippen LogP) is 14.5. The molecule has 2 heteroatoms. The van der Waals surface area contributed by atoms with Gasteiger partial charge in [-0.25, -0.2) is 4.57 Å². The number of benzene rings is 1. The highest BCUT2D eigenvalue weighted by atomic mass is 15.1. The molecule has 0 fully saturated rings. The summed E-state index contributed by atoms with van der Waals surface area (Å²) in [7, 11) is 2.11. The number of aromatic nitrogens is 1. The Labute approximate surface area is 300 Å². The molecule has 48 heavy (non-hydrogen) atoms. The summed E-state index contributed by atoms with van der Waals surface area (Å²) in [6.45, 7) is 7.02. The van der Waals surface area contributed by atoms with Crippen LogP contribution in [0.5, 0.6) is 0 Å². The molecule has 0 aliphatic heterocycles. The topological polar surface area (TPSA) is 7.12 Å². The molecule has 0 radical (unpaired) electrons. The second-order valence-electron chi connectivity index (χ2n) is 14.8. The standard InChI is InChI=1S/C46H79N2/c1-4-6-8-10-12-14-16-18-20-22-24-26-28-31-42-48(43-32-29-27-25-23-21-19-17-15-13-11-9-7-5-2)46-39-36-44(37-40-46)35-38-45-34-30-33-41-47(45)3/h30,33-41H,4-29,31-32,42-43H2,1-3H3/q+1. The summed E-state index contributed by atoms with van der Waals surface area (Å²) >= 11 is 0. The Bertz CT molecular complexity index is 961. The first-order valence-electron chi connectivity index (χ1n) is 21.2. The zero-order chi connectivity index (χ0) is 34.2. The van der Waals surface area contributed by atoms with E-state index in [-0.39, 0.29) is 0 Å². The highest BCUT2D eigenvalue weighted by Crippen LogP contribution is 2.20. The summed E-state index contributed by atoms with van der Waals surface area (Å²) < 4.78 is 2.17. The molecule has 0 N–H and O–H groups in total. The van der Waals surface area contributed by atoms with E-state index in [4.69, 9.17) is 0 Å². The van der Waals surface area contributed by atoms with E-state index in [1.807, 2.05) is 0 Å². The van der Waals surface area contributed by atoms with Crippen LogP contribution in [-0.4, -0.2) is 13.1 Å². The van der Waals surface area contributed by atoms with Gasteiger partial charge in [0.15, 0.2) is 6.20 Å². The minimum absolute atomic E-state index is 1.20. The number of aryl methyl sites for hydroxylation is 1. The first kappa shape index (κ1) is 42.1. The second kappa shape index (κ2) is 30.9. The van der Waals surface area contributed by atoms with Crippen molar-refractivity contribution in [2.24, 2.45) is 7.05 Å². The first-order valence-corrected chi connectivity index (χ1v) is 21.2. The Morgan fingerprint density at radius 1 is 0.438 bits per heavy atom. The van der Waals surface area contributed by atoms with Crippen molar-refractivity contribution >= 4 is 17.8 Å². The van der Waals surface area contributed by atoms with Crippen molar-refractivity contribution in [3.05, 3.63) is 59.9 Å². The molecular weight excluding hydrogens is 581 g/mol. The summed E-state index contributed by atoms with van der Waals surface area (Å²) in [5.41, 5.74) is 3.90. The molecular formula is C46H79N2+. The lowest BCUT2D eigenvalue weighted by atomic mass is 10.0. The number of anilines is 1. The largest absolute Gasteiger partial charge is 0.372 e. The van der Waals surface area contributed by atoms with E-state index in [1.165, 1.54) is 210 Å². The summed E-state index contributed by atoms with van der Waals surface area (Å²) in [6, 6.07) is 15.7. The maximum atomic E-state index is 2.69. The van der Waals surface area contributed by atoms with Crippen LogP contribution in [0.2, 0.25) is 0 Å². The second-order valence-corrected chi connectivity index (χ2v) is 14.8. The van der Waals surface area contributed by atoms with Crippen molar-refractivity contribution < 1.29 is 4.57 Å². The highest BCUT2D eigenvalue weighted by molar-refractivity contribution is 5.68. The number of nitrogens with zero attached hydrogens (tertiary/aromatic N) is 2. The normalized spacial score (nSPS) is 11.6. The molecule has 0 bridgehead atoms. The Balaban J connectivity index is 1.66. The van der Waals surface area contributed by atoms with Gasteiger partial charge in [0.1, 0.15) is 7.05 Å². The average Bonchev–Trinajstić information content (AvgIpc) is 3.11. The summed E-state index contributed by atoms with van der Waals surface area (Å²) in [4.78, 5) is 2.69. The van der Waals surface area contributed by atoms with Crippen molar-refractivity contribution in [2.75, 3.05) is 18.0 Å². The molecule has 0 saturated carbocycles. The number of unbranched alkanes of at least 4 members (excludes halogenated alkanes) is 26. The zero-order valence-corrected chi connectivity index (χ0v) is 32.4. The lowest BCUT2D eigenvalue weighted by Gasteiger charge is -2.25. The molecule has 0 spiro atoms. The van der Waals surface area contributed by atoms with Gasteiger partial charge in [0, 0.05) is 37.0 Å². The average molecular weight is 660 g/mol. The Morgan fingerprint density at radius 3 is 1.19 bits per heavy atom. The molecule has 0 aliphatic rings. The molecule has 1 heterocycles. The van der Waals surface area contributed by atoms with E-state index >= 15 is 0 Å². The SMILES string of the molecule is CCCCCCCCCCCCCCCCN(CCCCCCCCCCCCCCCC)c1ccc(C=Cc2cccc[n+]2C)cc1. The van der Waals surface area contributed by atoms with Gasteiger partial charge in [0.25, 0.3) is 0 Å². The molecule has 0 amide bonds. The van der Waals surface area contributed by atoms with Crippen LogP contribution < -0.4 is 9.47 Å². The van der Waals surface area contributed by atoms with Crippen LogP contribution in [0.15, 0.2) is 48.7 Å². The lowest BCUT2D eigenvalue weighted by Crippen LogP contribution is -2.30. The van der Waals surface area contributed by atoms with Crippen LogP contribution in [0.3, 0.4) is 0 Å². The van der Waals surface area contributed by atoms with Crippen molar-refractivity contribution in [3.8, 4) is 0 Å². The highest BCUT2D eigenvalue weighted by Gasteiger charge is 2.07. The minimum Gasteiger partial charge on any atom is -0.372 e. The predicted molar refractivity (Wildman–Crippen MR) is 216 cm³/mol. The molecule has 0 unspecified atom stereocenters. The summed E-state index contributed by atoms with van der Waals surface area (Å²) in [5, 5.41) is 0. The number of pyridine rings is 1. The van der Waals surface area contributed by atoms with E-state index in [2.05, 4.69) is 91.2 Å².